The summed E-state index contributed by atoms with van der Waals surface area (Å²) < 4.78 is 3.68. The summed E-state index contributed by atoms with van der Waals surface area (Å²) in [6.45, 7) is 3.44. The fourth-order valence-electron chi connectivity index (χ4n) is 4.60. The van der Waals surface area contributed by atoms with E-state index >= 15 is 0 Å². The molecule has 2 N–H and O–H groups in total. The van der Waals surface area contributed by atoms with Gasteiger partial charge in [-0.25, -0.2) is 14.8 Å². The molecule has 0 bridgehead atoms. The Morgan fingerprint density at radius 2 is 2.11 bits per heavy atom. The number of nitrogens with one attached hydrogen (secondary N) is 2. The highest BCUT2D eigenvalue weighted by molar-refractivity contribution is 5.70. The van der Waals surface area contributed by atoms with Crippen molar-refractivity contribution in [3.63, 3.8) is 0 Å². The second kappa shape index (κ2) is 6.55. The Balaban J connectivity index is 1.57. The molecule has 1 fully saturated rings. The van der Waals surface area contributed by atoms with Crippen molar-refractivity contribution >= 4 is 5.82 Å². The topological polar surface area (TPSA) is 80.5 Å². The molecule has 1 unspecified atom stereocenters. The summed E-state index contributed by atoms with van der Waals surface area (Å²) in [7, 11) is 0. The molecule has 1 aromatic rings. The number of nitrogens with zero attached hydrogens (tertiary/aromatic N) is 4. The van der Waals surface area contributed by atoms with Crippen LogP contribution in [0.1, 0.15) is 56.5 Å². The second-order valence-electron chi connectivity index (χ2n) is 7.87. The maximum Gasteiger partial charge on any atom is 0.331 e. The van der Waals surface area contributed by atoms with Crippen LogP contribution in [-0.2, 0) is 19.5 Å². The highest BCUT2D eigenvalue weighted by atomic mass is 16.1. The summed E-state index contributed by atoms with van der Waals surface area (Å²) in [4.78, 5) is 26.2. The predicted molar refractivity (Wildman–Crippen MR) is 104 cm³/mol. The monoisotopic (exact) mass is 366 g/mol. The predicted octanol–water partition coefficient (Wildman–Crippen LogP) is 2.98. The third kappa shape index (κ3) is 2.76. The molecule has 0 radical (unpaired) electrons. The van der Waals surface area contributed by atoms with Gasteiger partial charge >= 0.3 is 5.69 Å². The fourth-order valence-corrected chi connectivity index (χ4v) is 4.60. The van der Waals surface area contributed by atoms with Crippen LogP contribution in [0.15, 0.2) is 23.1 Å². The molecule has 3 aliphatic heterocycles. The van der Waals surface area contributed by atoms with Crippen LogP contribution in [-0.4, -0.2) is 30.1 Å². The van der Waals surface area contributed by atoms with Crippen LogP contribution >= 0.6 is 0 Å². The molecular formula is C20H26N6O. The molecule has 1 saturated carbocycles. The van der Waals surface area contributed by atoms with Gasteiger partial charge in [-0.15, -0.1) is 0 Å². The van der Waals surface area contributed by atoms with Gasteiger partial charge in [0, 0.05) is 37.3 Å². The van der Waals surface area contributed by atoms with Gasteiger partial charge in [-0.2, -0.15) is 0 Å². The fraction of sp³-hybridized carbons (Fsp3) is 0.550. The zero-order valence-electron chi connectivity index (χ0n) is 15.7. The molecule has 1 aromatic heterocycles. The van der Waals surface area contributed by atoms with Crippen LogP contribution in [0.5, 0.6) is 0 Å². The normalized spacial score (nSPS) is 19.7. The molecular weight excluding hydrogens is 340 g/mol. The van der Waals surface area contributed by atoms with E-state index in [9.17, 15) is 4.79 Å². The van der Waals surface area contributed by atoms with Gasteiger partial charge in [-0.05, 0) is 31.4 Å². The lowest BCUT2D eigenvalue weighted by Gasteiger charge is -2.13. The minimum Gasteiger partial charge on any atom is -0.365 e. The Kier molecular flexibility index (Phi) is 4.02. The summed E-state index contributed by atoms with van der Waals surface area (Å²) in [6.07, 6.45) is 8.51. The van der Waals surface area contributed by atoms with E-state index < -0.39 is 0 Å². The number of hydrogen-bond acceptors (Lipinski definition) is 4. The molecule has 0 spiro atoms. The number of rotatable bonds is 5. The first-order chi connectivity index (χ1) is 13.2. The highest BCUT2D eigenvalue weighted by Crippen LogP contribution is 2.37. The van der Waals surface area contributed by atoms with E-state index in [0.29, 0.717) is 19.0 Å². The van der Waals surface area contributed by atoms with Crippen molar-refractivity contribution in [3.8, 4) is 11.5 Å². The Hall–Kier alpha value is -2.57. The van der Waals surface area contributed by atoms with Gasteiger partial charge in [0.25, 0.3) is 0 Å². The molecule has 1 atom stereocenters. The number of aromatic nitrogens is 5. The molecule has 4 heterocycles. The first-order valence-corrected chi connectivity index (χ1v) is 10.1. The van der Waals surface area contributed by atoms with Crippen molar-refractivity contribution in [1.29, 1.82) is 0 Å². The SMILES string of the molecule is CCCn1c2nc(C3CCCC3)nc-2c2n(c1=O)CC(Cc1ccc[nH]1)N2. The number of anilines is 1. The zero-order valence-corrected chi connectivity index (χ0v) is 15.7. The average molecular weight is 366 g/mol. The highest BCUT2D eigenvalue weighted by Gasteiger charge is 2.33. The molecule has 7 nitrogen and oxygen atoms in total. The number of imidazole rings is 1. The molecule has 0 amide bonds. The van der Waals surface area contributed by atoms with E-state index in [1.165, 1.54) is 18.5 Å². The van der Waals surface area contributed by atoms with E-state index in [-0.39, 0.29) is 11.7 Å². The minimum absolute atomic E-state index is 0.0266. The summed E-state index contributed by atoms with van der Waals surface area (Å²) >= 11 is 0. The Labute approximate surface area is 158 Å². The minimum atomic E-state index is 0.0266. The van der Waals surface area contributed by atoms with Gasteiger partial charge in [0.05, 0.1) is 6.04 Å². The Morgan fingerprint density at radius 3 is 2.85 bits per heavy atom. The number of hydrogen-bond donors (Lipinski definition) is 2. The summed E-state index contributed by atoms with van der Waals surface area (Å²) in [6, 6.07) is 4.28. The zero-order chi connectivity index (χ0) is 18.4. The van der Waals surface area contributed by atoms with Gasteiger partial charge in [0.1, 0.15) is 17.3 Å². The molecule has 0 saturated heterocycles. The summed E-state index contributed by atoms with van der Waals surface area (Å²) in [5.74, 6) is 2.97. The maximum absolute atomic E-state index is 13.2. The van der Waals surface area contributed by atoms with Gasteiger partial charge in [-0.3, -0.25) is 9.13 Å². The third-order valence-electron chi connectivity index (χ3n) is 5.91. The van der Waals surface area contributed by atoms with Crippen LogP contribution in [0, 0.1) is 0 Å². The van der Waals surface area contributed by atoms with E-state index in [1.807, 2.05) is 21.4 Å². The van der Waals surface area contributed by atoms with Gasteiger partial charge in [0.2, 0.25) is 0 Å². The second-order valence-corrected chi connectivity index (χ2v) is 7.87. The number of fused-ring (bicyclic) bond motifs is 3. The Bertz CT molecular complexity index is 963. The quantitative estimate of drug-likeness (QED) is 0.727. The van der Waals surface area contributed by atoms with Gasteiger partial charge in [-0.1, -0.05) is 19.8 Å². The lowest BCUT2D eigenvalue weighted by Crippen LogP contribution is -2.32. The summed E-state index contributed by atoms with van der Waals surface area (Å²) in [5.41, 5.74) is 2.06. The molecule has 1 aliphatic carbocycles. The van der Waals surface area contributed by atoms with Crippen LogP contribution in [0.3, 0.4) is 0 Å². The number of H-pyrrole nitrogens is 1. The van der Waals surface area contributed by atoms with Gasteiger partial charge in [0.15, 0.2) is 5.82 Å². The van der Waals surface area contributed by atoms with Crippen LogP contribution in [0.25, 0.3) is 11.5 Å². The first-order valence-electron chi connectivity index (χ1n) is 10.1. The van der Waals surface area contributed by atoms with Crippen molar-refractivity contribution in [3.05, 3.63) is 40.3 Å². The molecule has 27 heavy (non-hydrogen) atoms. The standard InChI is InChI=1S/C20H26N6O/c1-2-10-25-19-16(23-17(24-19)13-6-3-4-7-13)18-22-15(12-26(18)20(25)27)11-14-8-5-9-21-14/h5,8-9,13,15,21-22H,2-4,6-7,10-12H2,1H3. The van der Waals surface area contributed by atoms with Crippen molar-refractivity contribution in [2.24, 2.45) is 0 Å². The largest absolute Gasteiger partial charge is 0.365 e. The van der Waals surface area contributed by atoms with Gasteiger partial charge < -0.3 is 10.3 Å². The lowest BCUT2D eigenvalue weighted by molar-refractivity contribution is 0.558. The van der Waals surface area contributed by atoms with Crippen molar-refractivity contribution in [2.45, 2.75) is 70.5 Å². The Morgan fingerprint density at radius 1 is 1.26 bits per heavy atom. The first kappa shape index (κ1) is 16.6. The molecule has 0 aromatic carbocycles. The molecule has 7 heteroatoms. The smallest absolute Gasteiger partial charge is 0.331 e. The van der Waals surface area contributed by atoms with E-state index in [1.54, 1.807) is 0 Å². The van der Waals surface area contributed by atoms with Crippen LogP contribution in [0.2, 0.25) is 0 Å². The third-order valence-corrected chi connectivity index (χ3v) is 5.91. The molecule has 5 rings (SSSR count). The van der Waals surface area contributed by atoms with E-state index in [4.69, 9.17) is 9.97 Å². The summed E-state index contributed by atoms with van der Waals surface area (Å²) in [5, 5.41) is 3.56. The van der Waals surface area contributed by atoms with Crippen molar-refractivity contribution in [1.82, 2.24) is 24.1 Å². The molecule has 142 valence electrons. The maximum atomic E-state index is 13.2. The number of aromatic amines is 1. The van der Waals surface area contributed by atoms with Crippen molar-refractivity contribution < 1.29 is 0 Å². The van der Waals surface area contributed by atoms with Crippen LogP contribution < -0.4 is 11.0 Å². The van der Waals surface area contributed by atoms with Crippen LogP contribution in [0.4, 0.5) is 5.82 Å². The lowest BCUT2D eigenvalue weighted by atomic mass is 10.1. The van der Waals surface area contributed by atoms with Crippen molar-refractivity contribution in [2.75, 3.05) is 5.32 Å². The van der Waals surface area contributed by atoms with E-state index in [0.717, 1.165) is 48.8 Å². The molecule has 4 aliphatic rings. The van der Waals surface area contributed by atoms with E-state index in [2.05, 4.69) is 23.3 Å². The average Bonchev–Trinajstić information content (AvgIpc) is 3.44.